The second-order valence-corrected chi connectivity index (χ2v) is 8.67. The Hall–Kier alpha value is -1.63. The van der Waals surface area contributed by atoms with Crippen molar-refractivity contribution in [2.45, 2.75) is 20.4 Å². The van der Waals surface area contributed by atoms with Crippen LogP contribution in [0.5, 0.6) is 0 Å². The van der Waals surface area contributed by atoms with Gasteiger partial charge < -0.3 is 4.90 Å². The number of hydrogen-bond acceptors (Lipinski definition) is 4. The lowest BCUT2D eigenvalue weighted by atomic mass is 10.2. The van der Waals surface area contributed by atoms with E-state index in [2.05, 4.69) is 80.0 Å². The van der Waals surface area contributed by atoms with Crippen LogP contribution in [0.15, 0.2) is 46.3 Å². The van der Waals surface area contributed by atoms with Crippen molar-refractivity contribution in [3.05, 3.63) is 62.5 Å². The highest BCUT2D eigenvalue weighted by atomic mass is 79.9. The first kappa shape index (κ1) is 17.8. The molecule has 0 spiro atoms. The second kappa shape index (κ2) is 7.55. The van der Waals surface area contributed by atoms with Crippen LogP contribution in [-0.4, -0.2) is 40.9 Å². The standard InChI is InChI=1S/C20H23BrN4S/c1-15-20(16(2)25(22-15)18-6-4-3-5-7-18)24-10-8-23(9-11-24)13-19-12-17(21)14-26-19/h3-7,12,14H,8-11,13H2,1-2H3. The van der Waals surface area contributed by atoms with Crippen LogP contribution >= 0.6 is 27.3 Å². The predicted octanol–water partition coefficient (Wildman–Crippen LogP) is 4.64. The van der Waals surface area contributed by atoms with Crippen LogP contribution in [0.4, 0.5) is 5.69 Å². The zero-order valence-electron chi connectivity index (χ0n) is 15.2. The van der Waals surface area contributed by atoms with Gasteiger partial charge in [0.15, 0.2) is 0 Å². The van der Waals surface area contributed by atoms with Crippen molar-refractivity contribution in [3.8, 4) is 5.69 Å². The van der Waals surface area contributed by atoms with Crippen LogP contribution < -0.4 is 4.90 Å². The molecule has 1 aliphatic heterocycles. The number of benzene rings is 1. The zero-order chi connectivity index (χ0) is 18.1. The SMILES string of the molecule is Cc1nn(-c2ccccc2)c(C)c1N1CCN(Cc2cc(Br)cs2)CC1. The van der Waals surface area contributed by atoms with E-state index in [0.29, 0.717) is 0 Å². The van der Waals surface area contributed by atoms with Gasteiger partial charge in [0.2, 0.25) is 0 Å². The topological polar surface area (TPSA) is 24.3 Å². The summed E-state index contributed by atoms with van der Waals surface area (Å²) in [7, 11) is 0. The number of hydrogen-bond donors (Lipinski definition) is 0. The van der Waals surface area contributed by atoms with Crippen molar-refractivity contribution in [2.75, 3.05) is 31.1 Å². The number of rotatable bonds is 4. The molecule has 1 aromatic carbocycles. The van der Waals surface area contributed by atoms with Crippen LogP contribution in [-0.2, 0) is 6.54 Å². The van der Waals surface area contributed by atoms with Gasteiger partial charge in [-0.05, 0) is 48.0 Å². The van der Waals surface area contributed by atoms with Gasteiger partial charge >= 0.3 is 0 Å². The molecular weight excluding hydrogens is 408 g/mol. The van der Waals surface area contributed by atoms with Crippen LogP contribution in [0.25, 0.3) is 5.69 Å². The van der Waals surface area contributed by atoms with Crippen molar-refractivity contribution < 1.29 is 0 Å². The van der Waals surface area contributed by atoms with Crippen molar-refractivity contribution in [2.24, 2.45) is 0 Å². The summed E-state index contributed by atoms with van der Waals surface area (Å²) in [5.74, 6) is 0. The van der Waals surface area contributed by atoms with Gasteiger partial charge in [-0.1, -0.05) is 18.2 Å². The molecule has 1 fully saturated rings. The molecule has 6 heteroatoms. The number of thiophene rings is 1. The van der Waals surface area contributed by atoms with Crippen molar-refractivity contribution in [3.63, 3.8) is 0 Å². The molecule has 0 radical (unpaired) electrons. The summed E-state index contributed by atoms with van der Waals surface area (Å²) in [5.41, 5.74) is 4.76. The highest BCUT2D eigenvalue weighted by molar-refractivity contribution is 9.10. The molecule has 1 aliphatic rings. The number of anilines is 1. The van der Waals surface area contributed by atoms with Crippen LogP contribution in [0.1, 0.15) is 16.3 Å². The summed E-state index contributed by atoms with van der Waals surface area (Å²) >= 11 is 5.38. The molecule has 0 amide bonds. The summed E-state index contributed by atoms with van der Waals surface area (Å²) in [6, 6.07) is 12.6. The Labute approximate surface area is 167 Å². The lowest BCUT2D eigenvalue weighted by Crippen LogP contribution is -2.46. The van der Waals surface area contributed by atoms with Gasteiger partial charge in [0.1, 0.15) is 0 Å². The predicted molar refractivity (Wildman–Crippen MR) is 113 cm³/mol. The smallest absolute Gasteiger partial charge is 0.0834 e. The van der Waals surface area contributed by atoms with Gasteiger partial charge in [0, 0.05) is 47.5 Å². The Kier molecular flexibility index (Phi) is 5.16. The third-order valence-electron chi connectivity index (χ3n) is 4.94. The minimum atomic E-state index is 1.05. The number of nitrogens with zero attached hydrogens (tertiary/aromatic N) is 4. The molecule has 136 valence electrons. The molecule has 0 bridgehead atoms. The molecule has 4 rings (SSSR count). The number of para-hydroxylation sites is 1. The molecule has 0 aliphatic carbocycles. The van der Waals surface area contributed by atoms with E-state index < -0.39 is 0 Å². The molecule has 0 atom stereocenters. The molecule has 0 unspecified atom stereocenters. The number of aromatic nitrogens is 2. The minimum Gasteiger partial charge on any atom is -0.366 e. The molecule has 0 saturated carbocycles. The lowest BCUT2D eigenvalue weighted by molar-refractivity contribution is 0.252. The Morgan fingerprint density at radius 2 is 1.81 bits per heavy atom. The summed E-state index contributed by atoms with van der Waals surface area (Å²) in [4.78, 5) is 6.47. The first-order valence-electron chi connectivity index (χ1n) is 8.93. The van der Waals surface area contributed by atoms with E-state index in [0.717, 1.165) is 44.1 Å². The van der Waals surface area contributed by atoms with E-state index in [4.69, 9.17) is 5.10 Å². The van der Waals surface area contributed by atoms with Crippen LogP contribution in [0.2, 0.25) is 0 Å². The monoisotopic (exact) mass is 430 g/mol. The Morgan fingerprint density at radius 3 is 2.46 bits per heavy atom. The van der Waals surface area contributed by atoms with E-state index in [1.165, 1.54) is 20.7 Å². The summed E-state index contributed by atoms with van der Waals surface area (Å²) < 4.78 is 3.26. The molecule has 0 N–H and O–H groups in total. The first-order chi connectivity index (χ1) is 12.6. The van der Waals surface area contributed by atoms with Crippen LogP contribution in [0, 0.1) is 13.8 Å². The molecule has 3 aromatic rings. The third-order valence-corrected chi connectivity index (χ3v) is 6.63. The number of halogens is 1. The summed E-state index contributed by atoms with van der Waals surface area (Å²) in [6.07, 6.45) is 0. The highest BCUT2D eigenvalue weighted by Crippen LogP contribution is 2.28. The van der Waals surface area contributed by atoms with Crippen LogP contribution in [0.3, 0.4) is 0 Å². The Morgan fingerprint density at radius 1 is 1.08 bits per heavy atom. The average molecular weight is 431 g/mol. The normalized spacial score (nSPS) is 15.6. The molecule has 3 heterocycles. The van der Waals surface area contributed by atoms with Gasteiger partial charge in [-0.25, -0.2) is 4.68 Å². The maximum absolute atomic E-state index is 4.80. The quantitative estimate of drug-likeness (QED) is 0.602. The lowest BCUT2D eigenvalue weighted by Gasteiger charge is -2.36. The zero-order valence-corrected chi connectivity index (χ0v) is 17.6. The molecule has 4 nitrogen and oxygen atoms in total. The fourth-order valence-corrected chi connectivity index (χ4v) is 5.19. The fraction of sp³-hybridized carbons (Fsp3) is 0.350. The van der Waals surface area contributed by atoms with Gasteiger partial charge in [-0.15, -0.1) is 11.3 Å². The molecular formula is C20H23BrN4S. The highest BCUT2D eigenvalue weighted by Gasteiger charge is 2.23. The van der Waals surface area contributed by atoms with Crippen molar-refractivity contribution in [1.29, 1.82) is 0 Å². The third kappa shape index (κ3) is 3.59. The van der Waals surface area contributed by atoms with Crippen molar-refractivity contribution in [1.82, 2.24) is 14.7 Å². The maximum atomic E-state index is 4.80. The number of piperazine rings is 1. The Balaban J connectivity index is 1.47. The largest absolute Gasteiger partial charge is 0.366 e. The number of aryl methyl sites for hydroxylation is 1. The van der Waals surface area contributed by atoms with Gasteiger partial charge in [-0.2, -0.15) is 5.10 Å². The molecule has 2 aromatic heterocycles. The van der Waals surface area contributed by atoms with E-state index in [1.807, 2.05) is 17.4 Å². The molecule has 1 saturated heterocycles. The average Bonchev–Trinajstić information content (AvgIpc) is 3.19. The van der Waals surface area contributed by atoms with Gasteiger partial charge in [-0.3, -0.25) is 4.90 Å². The Bertz CT molecular complexity index is 879. The fourth-order valence-electron chi connectivity index (χ4n) is 3.70. The first-order valence-corrected chi connectivity index (χ1v) is 10.6. The van der Waals surface area contributed by atoms with Gasteiger partial charge in [0.05, 0.1) is 22.8 Å². The van der Waals surface area contributed by atoms with E-state index >= 15 is 0 Å². The molecule has 26 heavy (non-hydrogen) atoms. The second-order valence-electron chi connectivity index (χ2n) is 6.76. The summed E-state index contributed by atoms with van der Waals surface area (Å²) in [6.45, 7) is 9.62. The van der Waals surface area contributed by atoms with Gasteiger partial charge in [0.25, 0.3) is 0 Å². The minimum absolute atomic E-state index is 1.05. The maximum Gasteiger partial charge on any atom is 0.0834 e. The van der Waals surface area contributed by atoms with E-state index in [1.54, 1.807) is 0 Å². The summed E-state index contributed by atoms with van der Waals surface area (Å²) in [5, 5.41) is 6.97. The van der Waals surface area contributed by atoms with E-state index in [9.17, 15) is 0 Å². The van der Waals surface area contributed by atoms with Crippen molar-refractivity contribution >= 4 is 33.0 Å². The van der Waals surface area contributed by atoms with E-state index in [-0.39, 0.29) is 0 Å².